The smallest absolute Gasteiger partial charge is 0.224 e. The fourth-order valence-electron chi connectivity index (χ4n) is 2.74. The summed E-state index contributed by atoms with van der Waals surface area (Å²) in [7, 11) is -3.73. The van der Waals surface area contributed by atoms with Gasteiger partial charge in [-0.15, -0.1) is 11.3 Å². The number of sulfone groups is 1. The van der Waals surface area contributed by atoms with Gasteiger partial charge in [-0.25, -0.2) is 23.4 Å². The minimum Gasteiger partial charge on any atom is -0.377 e. The molecule has 3 rings (SSSR count). The van der Waals surface area contributed by atoms with E-state index in [9.17, 15) is 8.42 Å². The monoisotopic (exact) mass is 416 g/mol. The number of morpholine rings is 1. The van der Waals surface area contributed by atoms with Crippen LogP contribution < -0.4 is 4.90 Å². The predicted octanol–water partition coefficient (Wildman–Crippen LogP) is 2.83. The van der Waals surface area contributed by atoms with Gasteiger partial charge in [0.15, 0.2) is 0 Å². The summed E-state index contributed by atoms with van der Waals surface area (Å²) in [5.41, 5.74) is 1.02. The van der Waals surface area contributed by atoms with E-state index in [1.165, 1.54) is 0 Å². The van der Waals surface area contributed by atoms with Gasteiger partial charge < -0.3 is 9.64 Å². The Morgan fingerprint density at radius 2 is 2.08 bits per heavy atom. The number of anilines is 1. The van der Waals surface area contributed by atoms with Crippen molar-refractivity contribution in [2.24, 2.45) is 0 Å². The Morgan fingerprint density at radius 3 is 2.69 bits per heavy atom. The molecule has 7 nitrogen and oxygen atoms in total. The van der Waals surface area contributed by atoms with E-state index in [0.717, 1.165) is 11.3 Å². The highest BCUT2D eigenvalue weighted by molar-refractivity contribution is 7.94. The maximum atomic E-state index is 13.1. The van der Waals surface area contributed by atoms with E-state index >= 15 is 0 Å². The van der Waals surface area contributed by atoms with Gasteiger partial charge in [0.2, 0.25) is 19.5 Å². The molecule has 0 aliphatic carbocycles. The Balaban J connectivity index is 2.05. The van der Waals surface area contributed by atoms with E-state index in [2.05, 4.69) is 19.9 Å². The van der Waals surface area contributed by atoms with Crippen LogP contribution in [0.4, 0.5) is 5.82 Å². The summed E-state index contributed by atoms with van der Waals surface area (Å²) in [5.74, 6) is 0.606. The Labute approximate surface area is 162 Å². The second kappa shape index (κ2) is 7.03. The average Bonchev–Trinajstić information content (AvgIpc) is 3.01. The first-order chi connectivity index (χ1) is 12.1. The summed E-state index contributed by atoms with van der Waals surface area (Å²) in [6, 6.07) is 1.81. The van der Waals surface area contributed by atoms with Crippen molar-refractivity contribution >= 4 is 38.6 Å². The molecule has 10 heteroatoms. The van der Waals surface area contributed by atoms with Gasteiger partial charge >= 0.3 is 0 Å². The Hall–Kier alpha value is -1.29. The Morgan fingerprint density at radius 1 is 1.35 bits per heavy atom. The van der Waals surface area contributed by atoms with E-state index in [4.69, 9.17) is 16.3 Å². The number of nitrogens with zero attached hydrogens (tertiary/aromatic N) is 4. The average molecular weight is 417 g/mol. The van der Waals surface area contributed by atoms with Gasteiger partial charge in [-0.2, -0.15) is 0 Å². The number of rotatable bonds is 4. The molecule has 0 spiro atoms. The second-order valence-electron chi connectivity index (χ2n) is 6.77. The first-order valence-corrected chi connectivity index (χ1v) is 10.9. The van der Waals surface area contributed by atoms with Crippen LogP contribution in [0.3, 0.4) is 0 Å². The molecule has 1 fully saturated rings. The van der Waals surface area contributed by atoms with Crippen molar-refractivity contribution in [3.63, 3.8) is 0 Å². The van der Waals surface area contributed by atoms with Gasteiger partial charge in [-0.05, 0) is 39.3 Å². The van der Waals surface area contributed by atoms with Crippen LogP contribution in [0.15, 0.2) is 15.8 Å². The normalized spacial score (nSPS) is 19.0. The fraction of sp³-hybridized carbons (Fsp3) is 0.562. The maximum Gasteiger partial charge on any atom is 0.224 e. The number of thiazole rings is 1. The third-order valence-electron chi connectivity index (χ3n) is 4.46. The summed E-state index contributed by atoms with van der Waals surface area (Å²) in [6.45, 7) is 8.84. The van der Waals surface area contributed by atoms with Crippen LogP contribution in [0.2, 0.25) is 5.28 Å². The fourth-order valence-corrected chi connectivity index (χ4v) is 5.80. The van der Waals surface area contributed by atoms with Crippen LogP contribution >= 0.6 is 22.9 Å². The quantitative estimate of drug-likeness (QED) is 0.708. The summed E-state index contributed by atoms with van der Waals surface area (Å²) in [5, 5.41) is 1.74. The number of aromatic nitrogens is 3. The molecule has 2 aromatic rings. The number of hydrogen-bond acceptors (Lipinski definition) is 8. The molecule has 0 aromatic carbocycles. The lowest BCUT2D eigenvalue weighted by Crippen LogP contribution is -2.44. The van der Waals surface area contributed by atoms with Gasteiger partial charge in [-0.1, -0.05) is 0 Å². The minimum absolute atomic E-state index is 0.0230. The highest BCUT2D eigenvalue weighted by atomic mass is 35.5. The summed E-state index contributed by atoms with van der Waals surface area (Å²) < 4.78 is 30.5. The lowest BCUT2D eigenvalue weighted by atomic mass is 10.1. The molecule has 0 radical (unpaired) electrons. The molecule has 142 valence electrons. The van der Waals surface area contributed by atoms with Gasteiger partial charge in [0, 0.05) is 23.7 Å². The Kier molecular flexibility index (Phi) is 5.26. The molecule has 2 aromatic heterocycles. The molecular formula is C16H21ClN4O3S2. The zero-order valence-electron chi connectivity index (χ0n) is 15.1. The van der Waals surface area contributed by atoms with Crippen LogP contribution in [-0.2, 0) is 19.3 Å². The molecule has 1 atom stereocenters. The standard InChI is InChI=1S/C16H21ClN4O3S2/c1-10-9-25-15(18-10)26(22,23)16(3,4)12-7-13(20-14(17)19-12)21-5-6-24-8-11(21)2/h7,9,11H,5-6,8H2,1-4H3/t11-/m0/s1. The van der Waals surface area contributed by atoms with Crippen LogP contribution in [0.25, 0.3) is 0 Å². The van der Waals surface area contributed by atoms with Crippen molar-refractivity contribution in [3.8, 4) is 0 Å². The molecule has 0 unspecified atom stereocenters. The van der Waals surface area contributed by atoms with Crippen LogP contribution in [-0.4, -0.2) is 49.2 Å². The second-order valence-corrected chi connectivity index (χ2v) is 10.6. The SMILES string of the molecule is Cc1csc(S(=O)(=O)C(C)(C)c2cc(N3CCOC[C@@H]3C)nc(Cl)n2)n1. The van der Waals surface area contributed by atoms with Crippen LogP contribution in [0, 0.1) is 6.92 Å². The zero-order valence-corrected chi connectivity index (χ0v) is 17.5. The Bertz CT molecular complexity index is 914. The van der Waals surface area contributed by atoms with Crippen LogP contribution in [0.5, 0.6) is 0 Å². The lowest BCUT2D eigenvalue weighted by molar-refractivity contribution is 0.0985. The molecular weight excluding hydrogens is 396 g/mol. The van der Waals surface area contributed by atoms with Gasteiger partial charge in [0.1, 0.15) is 10.6 Å². The maximum absolute atomic E-state index is 13.1. The first kappa shape index (κ1) is 19.5. The van der Waals surface area contributed by atoms with Crippen molar-refractivity contribution in [2.45, 2.75) is 42.8 Å². The largest absolute Gasteiger partial charge is 0.377 e. The molecule has 0 N–H and O–H groups in total. The molecule has 1 aliphatic heterocycles. The van der Waals surface area contributed by atoms with Gasteiger partial charge in [-0.3, -0.25) is 0 Å². The van der Waals surface area contributed by atoms with Gasteiger partial charge in [0.25, 0.3) is 0 Å². The third kappa shape index (κ3) is 3.45. The molecule has 0 bridgehead atoms. The molecule has 0 saturated carbocycles. The van der Waals surface area contributed by atoms with E-state index in [0.29, 0.717) is 37.0 Å². The van der Waals surface area contributed by atoms with E-state index < -0.39 is 14.6 Å². The van der Waals surface area contributed by atoms with E-state index in [1.54, 1.807) is 32.2 Å². The first-order valence-electron chi connectivity index (χ1n) is 8.19. The predicted molar refractivity (Wildman–Crippen MR) is 102 cm³/mol. The molecule has 1 saturated heterocycles. The number of hydrogen-bond donors (Lipinski definition) is 0. The van der Waals surface area contributed by atoms with Crippen molar-refractivity contribution in [1.29, 1.82) is 0 Å². The number of ether oxygens (including phenoxy) is 1. The topological polar surface area (TPSA) is 85.3 Å². The molecule has 26 heavy (non-hydrogen) atoms. The van der Waals surface area contributed by atoms with Gasteiger partial charge in [0.05, 0.1) is 24.9 Å². The molecule has 3 heterocycles. The number of aryl methyl sites for hydroxylation is 1. The van der Waals surface area contributed by atoms with Crippen molar-refractivity contribution in [2.75, 3.05) is 24.7 Å². The highest BCUT2D eigenvalue weighted by Gasteiger charge is 2.41. The highest BCUT2D eigenvalue weighted by Crippen LogP contribution is 2.37. The van der Waals surface area contributed by atoms with Crippen molar-refractivity contribution in [3.05, 3.63) is 28.1 Å². The van der Waals surface area contributed by atoms with Crippen molar-refractivity contribution in [1.82, 2.24) is 15.0 Å². The number of halogens is 1. The van der Waals surface area contributed by atoms with Crippen molar-refractivity contribution < 1.29 is 13.2 Å². The third-order valence-corrected chi connectivity index (χ3v) is 8.44. The molecule has 1 aliphatic rings. The lowest BCUT2D eigenvalue weighted by Gasteiger charge is -2.35. The zero-order chi connectivity index (χ0) is 19.1. The minimum atomic E-state index is -3.73. The summed E-state index contributed by atoms with van der Waals surface area (Å²) >= 11 is 7.25. The van der Waals surface area contributed by atoms with E-state index in [-0.39, 0.29) is 15.7 Å². The summed E-state index contributed by atoms with van der Waals surface area (Å²) in [4.78, 5) is 14.7. The molecule has 0 amide bonds. The van der Waals surface area contributed by atoms with Crippen LogP contribution in [0.1, 0.15) is 32.2 Å². The summed E-state index contributed by atoms with van der Waals surface area (Å²) in [6.07, 6.45) is 0. The van der Waals surface area contributed by atoms with E-state index in [1.807, 2.05) is 6.92 Å².